The molecule has 6 nitrogen and oxygen atoms in total. The van der Waals surface area contributed by atoms with Gasteiger partial charge in [0, 0.05) is 26.2 Å². The predicted molar refractivity (Wildman–Crippen MR) is 84.2 cm³/mol. The molecule has 2 aromatic rings. The fraction of sp³-hybridized carbons (Fsp3) is 0.294. The molecular formula is C17H17FN2O4. The average molecular weight is 332 g/mol. The molecule has 0 aliphatic carbocycles. The van der Waals surface area contributed by atoms with Crippen molar-refractivity contribution in [1.82, 2.24) is 4.90 Å². The van der Waals surface area contributed by atoms with Crippen LogP contribution in [0.15, 0.2) is 47.3 Å². The molecule has 1 aliphatic rings. The lowest BCUT2D eigenvalue weighted by Gasteiger charge is -2.36. The lowest BCUT2D eigenvalue weighted by atomic mass is 10.2. The number of ether oxygens (including phenoxy) is 1. The Morgan fingerprint density at radius 3 is 2.54 bits per heavy atom. The third-order valence-corrected chi connectivity index (χ3v) is 3.91. The molecule has 1 saturated heterocycles. The van der Waals surface area contributed by atoms with Gasteiger partial charge in [-0.2, -0.15) is 0 Å². The van der Waals surface area contributed by atoms with Gasteiger partial charge < -0.3 is 19.0 Å². The number of benzene rings is 1. The summed E-state index contributed by atoms with van der Waals surface area (Å²) in [6.07, 6.45) is 2.63. The van der Waals surface area contributed by atoms with Crippen molar-refractivity contribution in [2.45, 2.75) is 0 Å². The summed E-state index contributed by atoms with van der Waals surface area (Å²) in [4.78, 5) is 27.3. The minimum absolute atomic E-state index is 0.264. The van der Waals surface area contributed by atoms with E-state index in [4.69, 9.17) is 9.15 Å². The number of halogens is 1. The van der Waals surface area contributed by atoms with E-state index in [1.54, 1.807) is 23.1 Å². The largest absolute Gasteiger partial charge is 0.472 e. The maximum Gasteiger partial charge on any atom is 0.341 e. The Labute approximate surface area is 138 Å². The minimum atomic E-state index is -0.595. The fourth-order valence-corrected chi connectivity index (χ4v) is 2.59. The van der Waals surface area contributed by atoms with E-state index < -0.39 is 5.97 Å². The van der Waals surface area contributed by atoms with Gasteiger partial charge in [-0.1, -0.05) is 12.1 Å². The summed E-state index contributed by atoms with van der Waals surface area (Å²) >= 11 is 0. The van der Waals surface area contributed by atoms with Crippen LogP contribution in [0.3, 0.4) is 0 Å². The minimum Gasteiger partial charge on any atom is -0.472 e. The highest BCUT2D eigenvalue weighted by Crippen LogP contribution is 2.20. The Balaban J connectivity index is 1.48. The second kappa shape index (κ2) is 7.16. The third kappa shape index (κ3) is 3.56. The molecule has 3 rings (SSSR count). The van der Waals surface area contributed by atoms with Crippen LogP contribution < -0.4 is 4.90 Å². The van der Waals surface area contributed by atoms with Crippen molar-refractivity contribution in [1.29, 1.82) is 0 Å². The lowest BCUT2D eigenvalue weighted by Crippen LogP contribution is -2.50. The normalized spacial score (nSPS) is 14.5. The summed E-state index contributed by atoms with van der Waals surface area (Å²) in [7, 11) is 0. The molecule has 0 unspecified atom stereocenters. The second-order valence-electron chi connectivity index (χ2n) is 5.41. The van der Waals surface area contributed by atoms with Crippen LogP contribution >= 0.6 is 0 Å². The van der Waals surface area contributed by atoms with Crippen LogP contribution in [0.1, 0.15) is 10.4 Å². The van der Waals surface area contributed by atoms with Crippen LogP contribution in [-0.4, -0.2) is 49.6 Å². The molecule has 0 saturated carbocycles. The van der Waals surface area contributed by atoms with Gasteiger partial charge in [-0.25, -0.2) is 9.18 Å². The lowest BCUT2D eigenvalue weighted by molar-refractivity contribution is -0.134. The van der Waals surface area contributed by atoms with Crippen LogP contribution in [0.2, 0.25) is 0 Å². The Morgan fingerprint density at radius 1 is 1.12 bits per heavy atom. The number of rotatable bonds is 4. The first-order valence-corrected chi connectivity index (χ1v) is 7.62. The highest BCUT2D eigenvalue weighted by Gasteiger charge is 2.23. The molecule has 126 valence electrons. The van der Waals surface area contributed by atoms with Gasteiger partial charge in [0.15, 0.2) is 6.61 Å². The van der Waals surface area contributed by atoms with Crippen molar-refractivity contribution in [2.75, 3.05) is 37.7 Å². The summed E-state index contributed by atoms with van der Waals surface area (Å²) in [5.74, 6) is -1.13. The monoisotopic (exact) mass is 332 g/mol. The molecule has 0 spiro atoms. The molecule has 24 heavy (non-hydrogen) atoms. The van der Waals surface area contributed by atoms with Gasteiger partial charge in [-0.3, -0.25) is 4.79 Å². The number of nitrogens with zero attached hydrogens (tertiary/aromatic N) is 2. The number of esters is 1. The van der Waals surface area contributed by atoms with Crippen molar-refractivity contribution < 1.29 is 23.1 Å². The number of amides is 1. The first-order chi connectivity index (χ1) is 11.6. The number of furan rings is 1. The van der Waals surface area contributed by atoms with E-state index in [0.717, 1.165) is 0 Å². The van der Waals surface area contributed by atoms with E-state index >= 15 is 0 Å². The van der Waals surface area contributed by atoms with Crippen molar-refractivity contribution >= 4 is 17.6 Å². The van der Waals surface area contributed by atoms with Crippen LogP contribution in [0.5, 0.6) is 0 Å². The highest BCUT2D eigenvalue weighted by molar-refractivity contribution is 5.90. The van der Waals surface area contributed by atoms with Gasteiger partial charge in [0.25, 0.3) is 5.91 Å². The molecule has 1 fully saturated rings. The van der Waals surface area contributed by atoms with Crippen LogP contribution in [0, 0.1) is 5.82 Å². The summed E-state index contributed by atoms with van der Waals surface area (Å²) in [6, 6.07) is 8.04. The van der Waals surface area contributed by atoms with E-state index in [2.05, 4.69) is 0 Å². The number of hydrogen-bond acceptors (Lipinski definition) is 5. The molecule has 0 bridgehead atoms. The Bertz CT molecular complexity index is 709. The summed E-state index contributed by atoms with van der Waals surface area (Å²) in [5, 5.41) is 0. The first-order valence-electron chi connectivity index (χ1n) is 7.62. The Hall–Kier alpha value is -2.83. The van der Waals surface area contributed by atoms with Crippen LogP contribution in [0.25, 0.3) is 0 Å². The maximum atomic E-state index is 13.8. The van der Waals surface area contributed by atoms with Crippen molar-refractivity contribution in [3.05, 3.63) is 54.2 Å². The number of hydrogen-bond donors (Lipinski definition) is 0. The van der Waals surface area contributed by atoms with E-state index in [1.165, 1.54) is 24.7 Å². The maximum absolute atomic E-state index is 13.8. The van der Waals surface area contributed by atoms with E-state index in [9.17, 15) is 14.0 Å². The molecule has 1 aromatic heterocycles. The van der Waals surface area contributed by atoms with E-state index in [-0.39, 0.29) is 23.9 Å². The quantitative estimate of drug-likeness (QED) is 0.801. The number of para-hydroxylation sites is 1. The molecule has 0 N–H and O–H groups in total. The first kappa shape index (κ1) is 16.0. The van der Waals surface area contributed by atoms with Crippen LogP contribution in [-0.2, 0) is 9.53 Å². The number of piperazine rings is 1. The number of carbonyl (C=O) groups is 2. The Kier molecular flexibility index (Phi) is 4.79. The topological polar surface area (TPSA) is 63.0 Å². The van der Waals surface area contributed by atoms with Crippen molar-refractivity contribution in [3.8, 4) is 0 Å². The summed E-state index contributed by atoms with van der Waals surface area (Å²) < 4.78 is 23.5. The third-order valence-electron chi connectivity index (χ3n) is 3.91. The average Bonchev–Trinajstić information content (AvgIpc) is 3.15. The summed E-state index contributed by atoms with van der Waals surface area (Å²) in [6.45, 7) is 1.65. The standard InChI is InChI=1S/C17H17FN2O4/c18-14-3-1-2-4-15(14)19-6-8-20(9-7-19)16(21)12-24-17(22)13-5-10-23-11-13/h1-5,10-11H,6-9,12H2. The Morgan fingerprint density at radius 2 is 1.88 bits per heavy atom. The van der Waals surface area contributed by atoms with Gasteiger partial charge in [0.05, 0.1) is 17.5 Å². The molecule has 0 radical (unpaired) electrons. The van der Waals surface area contributed by atoms with Crippen molar-refractivity contribution in [2.24, 2.45) is 0 Å². The molecule has 2 heterocycles. The molecule has 1 aliphatic heterocycles. The van der Waals surface area contributed by atoms with E-state index in [1.807, 2.05) is 4.90 Å². The second-order valence-corrected chi connectivity index (χ2v) is 5.41. The van der Waals surface area contributed by atoms with Gasteiger partial charge in [-0.15, -0.1) is 0 Å². The van der Waals surface area contributed by atoms with Gasteiger partial charge >= 0.3 is 5.97 Å². The molecule has 0 atom stereocenters. The highest BCUT2D eigenvalue weighted by atomic mass is 19.1. The smallest absolute Gasteiger partial charge is 0.341 e. The number of anilines is 1. The molecule has 1 aromatic carbocycles. The number of carbonyl (C=O) groups excluding carboxylic acids is 2. The van der Waals surface area contributed by atoms with Crippen molar-refractivity contribution in [3.63, 3.8) is 0 Å². The van der Waals surface area contributed by atoms with Gasteiger partial charge in [0.1, 0.15) is 12.1 Å². The van der Waals surface area contributed by atoms with Crippen LogP contribution in [0.4, 0.5) is 10.1 Å². The molecular weight excluding hydrogens is 315 g/mol. The predicted octanol–water partition coefficient (Wildman–Crippen LogP) is 1.92. The zero-order valence-corrected chi connectivity index (χ0v) is 13.0. The zero-order valence-electron chi connectivity index (χ0n) is 13.0. The fourth-order valence-electron chi connectivity index (χ4n) is 2.59. The summed E-state index contributed by atoms with van der Waals surface area (Å²) in [5.41, 5.74) is 0.808. The van der Waals surface area contributed by atoms with Gasteiger partial charge in [-0.05, 0) is 18.2 Å². The van der Waals surface area contributed by atoms with Gasteiger partial charge in [0.2, 0.25) is 0 Å². The SMILES string of the molecule is O=C(OCC(=O)N1CCN(c2ccccc2F)CC1)c1ccoc1. The van der Waals surface area contributed by atoms with E-state index in [0.29, 0.717) is 31.9 Å². The molecule has 7 heteroatoms. The zero-order chi connectivity index (χ0) is 16.9. The molecule has 1 amide bonds.